The smallest absolute Gasteiger partial charge is 0.0692 e. The second-order valence-electron chi connectivity index (χ2n) is 7.89. The molecule has 1 saturated heterocycles. The summed E-state index contributed by atoms with van der Waals surface area (Å²) in [4.78, 5) is 4.75. The molecule has 1 aliphatic heterocycles. The van der Waals surface area contributed by atoms with E-state index < -0.39 is 0 Å². The molecule has 3 nitrogen and oxygen atoms in total. The lowest BCUT2D eigenvalue weighted by molar-refractivity contribution is -0.102. The lowest BCUT2D eigenvalue weighted by atomic mass is 9.69. The maximum Gasteiger partial charge on any atom is 0.0692 e. The third-order valence-electron chi connectivity index (χ3n) is 6.05. The lowest BCUT2D eigenvalue weighted by Crippen LogP contribution is -2.51. The summed E-state index contributed by atoms with van der Waals surface area (Å²) in [5.41, 5.74) is 2.53. The van der Waals surface area contributed by atoms with Crippen LogP contribution in [0.5, 0.6) is 0 Å². The number of benzene rings is 1. The van der Waals surface area contributed by atoms with Crippen LogP contribution in [0.15, 0.2) is 48.7 Å². The Balaban J connectivity index is 0.00000210. The van der Waals surface area contributed by atoms with Gasteiger partial charge in [0.2, 0.25) is 0 Å². The van der Waals surface area contributed by atoms with E-state index in [1.54, 1.807) is 0 Å². The minimum atomic E-state index is 0. The Morgan fingerprint density at radius 3 is 2.67 bits per heavy atom. The molecule has 2 heterocycles. The molecule has 1 aliphatic carbocycles. The van der Waals surface area contributed by atoms with Crippen LogP contribution in [0.3, 0.4) is 0 Å². The number of nitrogens with zero attached hydrogens (tertiary/aromatic N) is 1. The van der Waals surface area contributed by atoms with Crippen molar-refractivity contribution >= 4 is 24.0 Å². The monoisotopic (exact) mass is 406 g/mol. The number of pyridine rings is 1. The molecule has 4 rings (SSSR count). The molecule has 1 N–H and O–H groups in total. The Kier molecular flexibility index (Phi) is 6.80. The zero-order valence-corrected chi connectivity index (χ0v) is 17.2. The number of hydrogen-bond donors (Lipinski definition) is 1. The molecule has 146 valence electrons. The van der Waals surface area contributed by atoms with Crippen LogP contribution in [0.1, 0.15) is 49.8 Å². The van der Waals surface area contributed by atoms with Gasteiger partial charge in [-0.2, -0.15) is 0 Å². The highest BCUT2D eigenvalue weighted by molar-refractivity contribution is 6.30. The molecule has 1 unspecified atom stereocenters. The fraction of sp³-hybridized carbons (Fsp3) is 0.500. The van der Waals surface area contributed by atoms with Crippen LogP contribution in [0.25, 0.3) is 0 Å². The largest absolute Gasteiger partial charge is 0.375 e. The van der Waals surface area contributed by atoms with Gasteiger partial charge in [0.1, 0.15) is 0 Å². The van der Waals surface area contributed by atoms with Crippen molar-refractivity contribution in [2.45, 2.75) is 56.1 Å². The number of nitrogens with one attached hydrogen (secondary N) is 1. The first-order chi connectivity index (χ1) is 12.7. The minimum Gasteiger partial charge on any atom is -0.375 e. The number of halogens is 2. The van der Waals surface area contributed by atoms with Crippen molar-refractivity contribution in [2.75, 3.05) is 13.2 Å². The van der Waals surface area contributed by atoms with Gasteiger partial charge in [0, 0.05) is 42.0 Å². The predicted molar refractivity (Wildman–Crippen MR) is 113 cm³/mol. The normalized spacial score (nSPS) is 23.9. The van der Waals surface area contributed by atoms with Crippen molar-refractivity contribution in [3.8, 4) is 0 Å². The van der Waals surface area contributed by atoms with Crippen LogP contribution in [0.4, 0.5) is 0 Å². The van der Waals surface area contributed by atoms with Crippen LogP contribution in [-0.4, -0.2) is 23.7 Å². The van der Waals surface area contributed by atoms with Gasteiger partial charge in [-0.25, -0.2) is 0 Å². The van der Waals surface area contributed by atoms with Crippen LogP contribution in [0.2, 0.25) is 5.02 Å². The summed E-state index contributed by atoms with van der Waals surface area (Å²) in [7, 11) is 0. The second-order valence-corrected chi connectivity index (χ2v) is 8.33. The first-order valence-electron chi connectivity index (χ1n) is 9.71. The highest BCUT2D eigenvalue weighted by atomic mass is 35.5. The average Bonchev–Trinajstić information content (AvgIpc) is 3.10. The molecule has 5 heteroatoms. The van der Waals surface area contributed by atoms with Gasteiger partial charge in [-0.1, -0.05) is 42.6 Å². The fourth-order valence-electron chi connectivity index (χ4n) is 4.79. The van der Waals surface area contributed by atoms with Crippen LogP contribution >= 0.6 is 24.0 Å². The topological polar surface area (TPSA) is 34.2 Å². The molecule has 1 aromatic carbocycles. The van der Waals surface area contributed by atoms with Gasteiger partial charge in [0.15, 0.2) is 0 Å². The van der Waals surface area contributed by atoms with Crippen LogP contribution in [0, 0.1) is 0 Å². The van der Waals surface area contributed by atoms with Crippen LogP contribution < -0.4 is 5.32 Å². The molecular weight excluding hydrogens is 379 g/mol. The van der Waals surface area contributed by atoms with Gasteiger partial charge in [-0.3, -0.25) is 4.98 Å². The van der Waals surface area contributed by atoms with E-state index in [1.165, 1.54) is 36.9 Å². The highest BCUT2D eigenvalue weighted by Crippen LogP contribution is 2.47. The molecule has 1 saturated carbocycles. The molecule has 2 fully saturated rings. The van der Waals surface area contributed by atoms with Gasteiger partial charge in [0.05, 0.1) is 5.60 Å². The Bertz CT molecular complexity index is 734. The van der Waals surface area contributed by atoms with Crippen molar-refractivity contribution in [3.05, 3.63) is 64.9 Å². The molecule has 2 aromatic rings. The Hall–Kier alpha value is -1.13. The molecular formula is C22H28Cl2N2O. The molecule has 27 heavy (non-hydrogen) atoms. The molecule has 1 aromatic heterocycles. The van der Waals surface area contributed by atoms with Crippen LogP contribution in [-0.2, 0) is 16.7 Å². The van der Waals surface area contributed by atoms with Crippen molar-refractivity contribution in [2.24, 2.45) is 0 Å². The zero-order chi connectivity index (χ0) is 17.9. The maximum absolute atomic E-state index is 6.31. The lowest BCUT2D eigenvalue weighted by Gasteiger charge is -2.46. The zero-order valence-electron chi connectivity index (χ0n) is 15.6. The molecule has 1 spiro atoms. The number of rotatable bonds is 5. The Morgan fingerprint density at radius 2 is 1.93 bits per heavy atom. The maximum atomic E-state index is 6.31. The standard InChI is InChI=1S/C22H27ClN2O.ClH/c23-19-7-5-6-18(14-19)15-24-17-21(20-8-1-4-12-25-20)11-13-26-22(16-21)9-2-3-10-22;/h1,4-8,12,14,24H,2-3,9-11,13,15-17H2;1H. The number of aromatic nitrogens is 1. The minimum absolute atomic E-state index is 0. The van der Waals surface area contributed by atoms with E-state index >= 15 is 0 Å². The first-order valence-corrected chi connectivity index (χ1v) is 10.1. The van der Waals surface area contributed by atoms with E-state index in [9.17, 15) is 0 Å². The number of ether oxygens (including phenoxy) is 1. The SMILES string of the molecule is Cl.Clc1cccc(CNCC2(c3ccccn3)CCOC3(CCCC3)C2)c1. The summed E-state index contributed by atoms with van der Waals surface area (Å²) in [6, 6.07) is 14.4. The number of hydrogen-bond acceptors (Lipinski definition) is 3. The van der Waals surface area contributed by atoms with Crippen molar-refractivity contribution in [3.63, 3.8) is 0 Å². The first kappa shape index (κ1) is 20.6. The van der Waals surface area contributed by atoms with Gasteiger partial charge < -0.3 is 10.1 Å². The fourth-order valence-corrected chi connectivity index (χ4v) is 5.00. The van der Waals surface area contributed by atoms with E-state index in [1.807, 2.05) is 30.5 Å². The van der Waals surface area contributed by atoms with Gasteiger partial charge in [-0.05, 0) is 55.5 Å². The third-order valence-corrected chi connectivity index (χ3v) is 6.29. The summed E-state index contributed by atoms with van der Waals surface area (Å²) < 4.78 is 6.31. The summed E-state index contributed by atoms with van der Waals surface area (Å²) in [5.74, 6) is 0. The van der Waals surface area contributed by atoms with E-state index in [-0.39, 0.29) is 23.4 Å². The molecule has 0 bridgehead atoms. The molecule has 0 amide bonds. The quantitative estimate of drug-likeness (QED) is 0.730. The van der Waals surface area contributed by atoms with Gasteiger partial charge >= 0.3 is 0 Å². The second kappa shape index (κ2) is 8.91. The Morgan fingerprint density at radius 1 is 1.07 bits per heavy atom. The Labute approximate surface area is 173 Å². The van der Waals surface area contributed by atoms with Crippen molar-refractivity contribution < 1.29 is 4.74 Å². The molecule has 2 aliphatic rings. The molecule has 1 atom stereocenters. The third kappa shape index (κ3) is 4.65. The summed E-state index contributed by atoms with van der Waals surface area (Å²) in [6.45, 7) is 2.57. The van der Waals surface area contributed by atoms with E-state index in [0.29, 0.717) is 0 Å². The van der Waals surface area contributed by atoms with Gasteiger partial charge in [-0.15, -0.1) is 12.4 Å². The van der Waals surface area contributed by atoms with Crippen molar-refractivity contribution in [1.82, 2.24) is 10.3 Å². The summed E-state index contributed by atoms with van der Waals surface area (Å²) >= 11 is 6.12. The van der Waals surface area contributed by atoms with E-state index in [4.69, 9.17) is 21.3 Å². The van der Waals surface area contributed by atoms with Gasteiger partial charge in [0.25, 0.3) is 0 Å². The highest BCUT2D eigenvalue weighted by Gasteiger charge is 2.48. The van der Waals surface area contributed by atoms with Crippen molar-refractivity contribution in [1.29, 1.82) is 0 Å². The summed E-state index contributed by atoms with van der Waals surface area (Å²) in [5, 5.41) is 4.48. The van der Waals surface area contributed by atoms with E-state index in [2.05, 4.69) is 23.5 Å². The average molecular weight is 407 g/mol. The predicted octanol–water partition coefficient (Wildman–Crippen LogP) is 5.31. The summed E-state index contributed by atoms with van der Waals surface area (Å²) in [6.07, 6.45) is 8.97. The van der Waals surface area contributed by atoms with E-state index in [0.717, 1.165) is 37.6 Å². The molecule has 0 radical (unpaired) electrons.